The minimum absolute atomic E-state index is 0.128. The van der Waals surface area contributed by atoms with Crippen LogP contribution in [0, 0.1) is 5.92 Å². The maximum Gasteiger partial charge on any atom is 0.127 e. The van der Waals surface area contributed by atoms with Gasteiger partial charge in [0.2, 0.25) is 0 Å². The Morgan fingerprint density at radius 3 is 2.70 bits per heavy atom. The minimum atomic E-state index is 0.128. The topological polar surface area (TPSA) is 17.1 Å². The zero-order valence-electron chi connectivity index (χ0n) is 6.42. The normalized spacial score (nSPS) is 25.2. The van der Waals surface area contributed by atoms with E-state index < -0.39 is 0 Å². The van der Waals surface area contributed by atoms with Gasteiger partial charge in [0.25, 0.3) is 0 Å². The Hall–Kier alpha value is -0.850. The molecule has 0 spiro atoms. The molecule has 0 amide bonds. The number of carbonyl (C=O) groups is 1. The molecule has 0 radical (unpaired) electrons. The molecule has 0 aliphatic heterocycles. The van der Waals surface area contributed by atoms with E-state index in [1.54, 1.807) is 0 Å². The predicted octanol–water partition coefficient (Wildman–Crippen LogP) is 2.10. The zero-order chi connectivity index (χ0) is 7.56. The van der Waals surface area contributed by atoms with Gasteiger partial charge >= 0.3 is 0 Å². The third kappa shape index (κ3) is 1.35. The Bertz CT molecular complexity index is 199. The molecular formula is C9H12O. The Labute approximate surface area is 61.4 Å². The molecule has 0 fully saturated rings. The summed E-state index contributed by atoms with van der Waals surface area (Å²) < 4.78 is 0. The maximum absolute atomic E-state index is 10.3. The van der Waals surface area contributed by atoms with E-state index in [-0.39, 0.29) is 5.92 Å². The highest BCUT2D eigenvalue weighted by atomic mass is 16.1. The van der Waals surface area contributed by atoms with Crippen molar-refractivity contribution < 1.29 is 4.79 Å². The van der Waals surface area contributed by atoms with Gasteiger partial charge in [-0.3, -0.25) is 0 Å². The van der Waals surface area contributed by atoms with Gasteiger partial charge in [-0.05, 0) is 20.3 Å². The summed E-state index contributed by atoms with van der Waals surface area (Å²) in [6.07, 6.45) is 6.04. The van der Waals surface area contributed by atoms with Crippen molar-refractivity contribution in [3.05, 3.63) is 23.3 Å². The van der Waals surface area contributed by atoms with Crippen molar-refractivity contribution in [3.63, 3.8) is 0 Å². The molecule has 0 heterocycles. The van der Waals surface area contributed by atoms with Gasteiger partial charge in [0, 0.05) is 5.92 Å². The Balaban J connectivity index is 2.75. The van der Waals surface area contributed by atoms with Crippen LogP contribution in [0.2, 0.25) is 0 Å². The molecule has 1 rings (SSSR count). The molecular weight excluding hydrogens is 124 g/mol. The summed E-state index contributed by atoms with van der Waals surface area (Å²) in [5.41, 5.74) is 2.54. The first-order chi connectivity index (χ1) is 4.74. The average Bonchev–Trinajstić information content (AvgIpc) is 1.95. The Kier molecular flexibility index (Phi) is 2.05. The van der Waals surface area contributed by atoms with Crippen LogP contribution in [0.25, 0.3) is 0 Å². The zero-order valence-corrected chi connectivity index (χ0v) is 6.42. The summed E-state index contributed by atoms with van der Waals surface area (Å²) in [7, 11) is 0. The van der Waals surface area contributed by atoms with Gasteiger partial charge in [0.15, 0.2) is 0 Å². The van der Waals surface area contributed by atoms with E-state index in [0.717, 1.165) is 12.7 Å². The van der Waals surface area contributed by atoms with Gasteiger partial charge in [0.1, 0.15) is 6.29 Å². The SMILES string of the molecule is CC1=CCC(C=O)C=C1C. The molecule has 0 N–H and O–H groups in total. The molecule has 1 nitrogen and oxygen atoms in total. The smallest absolute Gasteiger partial charge is 0.127 e. The van der Waals surface area contributed by atoms with Crippen molar-refractivity contribution in [2.24, 2.45) is 5.92 Å². The third-order valence-corrected chi connectivity index (χ3v) is 1.96. The second-order valence-corrected chi connectivity index (χ2v) is 2.77. The number of hydrogen-bond acceptors (Lipinski definition) is 1. The van der Waals surface area contributed by atoms with Gasteiger partial charge in [0.05, 0.1) is 0 Å². The molecule has 10 heavy (non-hydrogen) atoms. The first-order valence-electron chi connectivity index (χ1n) is 3.55. The van der Waals surface area contributed by atoms with Crippen LogP contribution in [-0.4, -0.2) is 6.29 Å². The Morgan fingerprint density at radius 2 is 2.20 bits per heavy atom. The van der Waals surface area contributed by atoms with E-state index >= 15 is 0 Å². The van der Waals surface area contributed by atoms with Gasteiger partial charge in [-0.1, -0.05) is 23.3 Å². The van der Waals surface area contributed by atoms with E-state index in [0.29, 0.717) is 0 Å². The Morgan fingerprint density at radius 1 is 1.50 bits per heavy atom. The van der Waals surface area contributed by atoms with Gasteiger partial charge in [-0.15, -0.1) is 0 Å². The summed E-state index contributed by atoms with van der Waals surface area (Å²) >= 11 is 0. The standard InChI is InChI=1S/C9H12O/c1-7-3-4-9(6-10)5-8(7)2/h3,5-6,9H,4H2,1-2H3. The van der Waals surface area contributed by atoms with E-state index in [1.807, 2.05) is 13.0 Å². The first kappa shape index (κ1) is 7.26. The van der Waals surface area contributed by atoms with Gasteiger partial charge < -0.3 is 4.79 Å². The summed E-state index contributed by atoms with van der Waals surface area (Å²) in [5, 5.41) is 0. The molecule has 0 saturated carbocycles. The van der Waals surface area contributed by atoms with Crippen LogP contribution in [-0.2, 0) is 4.79 Å². The lowest BCUT2D eigenvalue weighted by atomic mass is 9.93. The lowest BCUT2D eigenvalue weighted by Crippen LogP contribution is -2.02. The molecule has 0 aromatic heterocycles. The summed E-state index contributed by atoms with van der Waals surface area (Å²) in [4.78, 5) is 10.3. The predicted molar refractivity (Wildman–Crippen MR) is 41.7 cm³/mol. The fourth-order valence-electron chi connectivity index (χ4n) is 1.09. The van der Waals surface area contributed by atoms with Crippen LogP contribution >= 0.6 is 0 Å². The highest BCUT2D eigenvalue weighted by Gasteiger charge is 2.07. The molecule has 1 aliphatic carbocycles. The number of rotatable bonds is 1. The second kappa shape index (κ2) is 2.82. The van der Waals surface area contributed by atoms with Gasteiger partial charge in [-0.2, -0.15) is 0 Å². The second-order valence-electron chi connectivity index (χ2n) is 2.77. The fraction of sp³-hybridized carbons (Fsp3) is 0.444. The number of allylic oxidation sites excluding steroid dienone is 4. The number of aldehydes is 1. The van der Waals surface area contributed by atoms with Crippen LogP contribution < -0.4 is 0 Å². The monoisotopic (exact) mass is 136 g/mol. The first-order valence-corrected chi connectivity index (χ1v) is 3.55. The average molecular weight is 136 g/mol. The molecule has 0 aromatic rings. The molecule has 0 saturated heterocycles. The van der Waals surface area contributed by atoms with Crippen molar-refractivity contribution in [2.75, 3.05) is 0 Å². The summed E-state index contributed by atoms with van der Waals surface area (Å²) in [5.74, 6) is 0.128. The largest absolute Gasteiger partial charge is 0.303 e. The quantitative estimate of drug-likeness (QED) is 0.504. The lowest BCUT2D eigenvalue weighted by molar-refractivity contribution is -0.109. The number of hydrogen-bond donors (Lipinski definition) is 0. The van der Waals surface area contributed by atoms with Crippen LogP contribution in [0.15, 0.2) is 23.3 Å². The van der Waals surface area contributed by atoms with Crippen molar-refractivity contribution in [1.82, 2.24) is 0 Å². The summed E-state index contributed by atoms with van der Waals surface area (Å²) in [6, 6.07) is 0. The minimum Gasteiger partial charge on any atom is -0.303 e. The molecule has 1 heteroatoms. The fourth-order valence-corrected chi connectivity index (χ4v) is 1.09. The molecule has 1 unspecified atom stereocenters. The van der Waals surface area contributed by atoms with Crippen LogP contribution in [0.1, 0.15) is 20.3 Å². The highest BCUT2D eigenvalue weighted by molar-refractivity contribution is 5.59. The van der Waals surface area contributed by atoms with Crippen LogP contribution in [0.5, 0.6) is 0 Å². The van der Waals surface area contributed by atoms with E-state index in [4.69, 9.17) is 0 Å². The third-order valence-electron chi connectivity index (χ3n) is 1.96. The molecule has 1 aliphatic rings. The van der Waals surface area contributed by atoms with Crippen molar-refractivity contribution in [3.8, 4) is 0 Å². The molecule has 1 atom stereocenters. The molecule has 54 valence electrons. The van der Waals surface area contributed by atoms with E-state index in [9.17, 15) is 4.79 Å². The van der Waals surface area contributed by atoms with E-state index in [2.05, 4.69) is 13.0 Å². The van der Waals surface area contributed by atoms with Crippen molar-refractivity contribution >= 4 is 6.29 Å². The molecule has 0 aromatic carbocycles. The number of carbonyl (C=O) groups excluding carboxylic acids is 1. The van der Waals surface area contributed by atoms with Crippen molar-refractivity contribution in [2.45, 2.75) is 20.3 Å². The van der Waals surface area contributed by atoms with Crippen LogP contribution in [0.3, 0.4) is 0 Å². The maximum atomic E-state index is 10.3. The summed E-state index contributed by atoms with van der Waals surface area (Å²) in [6.45, 7) is 4.12. The van der Waals surface area contributed by atoms with Crippen molar-refractivity contribution in [1.29, 1.82) is 0 Å². The molecule has 0 bridgehead atoms. The lowest BCUT2D eigenvalue weighted by Gasteiger charge is -2.11. The van der Waals surface area contributed by atoms with Crippen LogP contribution in [0.4, 0.5) is 0 Å². The highest BCUT2D eigenvalue weighted by Crippen LogP contribution is 2.20. The van der Waals surface area contributed by atoms with E-state index in [1.165, 1.54) is 11.1 Å². The van der Waals surface area contributed by atoms with Gasteiger partial charge in [-0.25, -0.2) is 0 Å².